The van der Waals surface area contributed by atoms with Gasteiger partial charge in [0.15, 0.2) is 5.96 Å². The zero-order valence-corrected chi connectivity index (χ0v) is 18.9. The average Bonchev–Trinajstić information content (AvgIpc) is 3.15. The molecular formula is C22H27IN4O. The summed E-state index contributed by atoms with van der Waals surface area (Å²) in [7, 11) is 1.77. The first-order valence-corrected chi connectivity index (χ1v) is 9.15. The number of benzene rings is 2. The molecule has 6 heteroatoms. The van der Waals surface area contributed by atoms with Gasteiger partial charge in [0.05, 0.1) is 12.2 Å². The van der Waals surface area contributed by atoms with Gasteiger partial charge in [0.2, 0.25) is 5.89 Å². The van der Waals surface area contributed by atoms with Crippen LogP contribution in [0.1, 0.15) is 22.4 Å². The van der Waals surface area contributed by atoms with Crippen LogP contribution in [0.4, 0.5) is 0 Å². The lowest BCUT2D eigenvalue weighted by atomic mass is 10.1. The third kappa shape index (κ3) is 6.37. The number of aromatic nitrogens is 1. The molecular weight excluding hydrogens is 463 g/mol. The third-order valence-corrected chi connectivity index (χ3v) is 4.34. The summed E-state index contributed by atoms with van der Waals surface area (Å²) in [5.41, 5.74) is 5.62. The van der Waals surface area contributed by atoms with Gasteiger partial charge in [-0.15, -0.1) is 24.0 Å². The summed E-state index contributed by atoms with van der Waals surface area (Å²) in [5.74, 6) is 1.39. The van der Waals surface area contributed by atoms with Crippen LogP contribution in [0.3, 0.4) is 0 Å². The second-order valence-electron chi connectivity index (χ2n) is 6.60. The Morgan fingerprint density at radius 2 is 1.61 bits per heavy atom. The Bertz CT molecular complexity index is 886. The van der Waals surface area contributed by atoms with Gasteiger partial charge >= 0.3 is 0 Å². The van der Waals surface area contributed by atoms with E-state index in [0.717, 1.165) is 30.2 Å². The number of halogens is 1. The fraction of sp³-hybridized carbons (Fsp3) is 0.273. The summed E-state index contributed by atoms with van der Waals surface area (Å²) in [5, 5.41) is 6.60. The molecule has 0 amide bonds. The Balaban J connectivity index is 0.00000280. The van der Waals surface area contributed by atoms with Crippen LogP contribution in [0.2, 0.25) is 0 Å². The molecule has 148 valence electrons. The molecule has 0 saturated carbocycles. The van der Waals surface area contributed by atoms with Gasteiger partial charge in [-0.05, 0) is 38.0 Å². The predicted molar refractivity (Wildman–Crippen MR) is 125 cm³/mol. The minimum atomic E-state index is 0. The van der Waals surface area contributed by atoms with Crippen molar-refractivity contribution in [2.24, 2.45) is 4.99 Å². The molecule has 3 rings (SSSR count). The van der Waals surface area contributed by atoms with E-state index in [0.29, 0.717) is 12.4 Å². The number of aryl methyl sites for hydroxylation is 2. The molecule has 0 atom stereocenters. The quantitative estimate of drug-likeness (QED) is 0.304. The van der Waals surface area contributed by atoms with E-state index < -0.39 is 0 Å². The predicted octanol–water partition coefficient (Wildman–Crippen LogP) is 4.48. The van der Waals surface area contributed by atoms with Crippen molar-refractivity contribution in [3.8, 4) is 11.5 Å². The van der Waals surface area contributed by atoms with Gasteiger partial charge in [0.25, 0.3) is 0 Å². The molecule has 5 nitrogen and oxygen atoms in total. The van der Waals surface area contributed by atoms with Gasteiger partial charge in [-0.2, -0.15) is 0 Å². The van der Waals surface area contributed by atoms with Crippen molar-refractivity contribution in [3.05, 3.63) is 77.2 Å². The number of oxazole rings is 1. The third-order valence-electron chi connectivity index (χ3n) is 4.34. The summed E-state index contributed by atoms with van der Waals surface area (Å²) in [4.78, 5) is 8.80. The van der Waals surface area contributed by atoms with Gasteiger partial charge in [0.1, 0.15) is 6.26 Å². The van der Waals surface area contributed by atoms with Crippen LogP contribution in [0.5, 0.6) is 0 Å². The molecule has 0 unspecified atom stereocenters. The standard InChI is InChI=1S/C22H26N4O.HI/c1-16-4-8-18(9-5-16)12-13-24-22(23-3)25-14-20-15-27-21(26-20)19-10-6-17(2)7-11-19;/h4-11,15H,12-14H2,1-3H3,(H2,23,24,25);1H. The molecule has 3 aromatic rings. The molecule has 0 bridgehead atoms. The maximum absolute atomic E-state index is 5.59. The van der Waals surface area contributed by atoms with E-state index in [1.54, 1.807) is 13.3 Å². The Morgan fingerprint density at radius 1 is 0.964 bits per heavy atom. The van der Waals surface area contributed by atoms with Gasteiger partial charge in [-0.25, -0.2) is 4.98 Å². The number of hydrogen-bond donors (Lipinski definition) is 2. The number of aliphatic imine (C=N–C) groups is 1. The number of nitrogens with zero attached hydrogens (tertiary/aromatic N) is 2. The van der Waals surface area contributed by atoms with E-state index in [9.17, 15) is 0 Å². The van der Waals surface area contributed by atoms with Crippen LogP contribution in [0.25, 0.3) is 11.5 Å². The normalized spacial score (nSPS) is 11.0. The van der Waals surface area contributed by atoms with E-state index in [1.807, 2.05) is 12.1 Å². The lowest BCUT2D eigenvalue weighted by molar-refractivity contribution is 0.572. The number of guanidine groups is 1. The van der Waals surface area contributed by atoms with E-state index in [-0.39, 0.29) is 24.0 Å². The molecule has 0 spiro atoms. The maximum atomic E-state index is 5.59. The molecule has 0 saturated heterocycles. The zero-order valence-electron chi connectivity index (χ0n) is 16.5. The number of hydrogen-bond acceptors (Lipinski definition) is 3. The van der Waals surface area contributed by atoms with Gasteiger partial charge in [-0.3, -0.25) is 4.99 Å². The van der Waals surface area contributed by atoms with E-state index in [4.69, 9.17) is 4.42 Å². The molecule has 28 heavy (non-hydrogen) atoms. The molecule has 1 heterocycles. The van der Waals surface area contributed by atoms with E-state index >= 15 is 0 Å². The van der Waals surface area contributed by atoms with Crippen molar-refractivity contribution in [2.45, 2.75) is 26.8 Å². The van der Waals surface area contributed by atoms with Gasteiger partial charge in [0, 0.05) is 19.2 Å². The summed E-state index contributed by atoms with van der Waals surface area (Å²) in [6.07, 6.45) is 2.63. The summed E-state index contributed by atoms with van der Waals surface area (Å²) in [6, 6.07) is 16.7. The highest BCUT2D eigenvalue weighted by molar-refractivity contribution is 14.0. The lowest BCUT2D eigenvalue weighted by Crippen LogP contribution is -2.37. The molecule has 0 radical (unpaired) electrons. The number of rotatable bonds is 6. The van der Waals surface area contributed by atoms with Gasteiger partial charge < -0.3 is 15.1 Å². The highest BCUT2D eigenvalue weighted by Gasteiger charge is 2.07. The number of nitrogens with one attached hydrogen (secondary N) is 2. The first-order valence-electron chi connectivity index (χ1n) is 9.15. The van der Waals surface area contributed by atoms with Crippen LogP contribution >= 0.6 is 24.0 Å². The highest BCUT2D eigenvalue weighted by atomic mass is 127. The Labute approximate surface area is 183 Å². The summed E-state index contributed by atoms with van der Waals surface area (Å²) < 4.78 is 5.59. The van der Waals surface area contributed by atoms with Gasteiger partial charge in [-0.1, -0.05) is 47.5 Å². The lowest BCUT2D eigenvalue weighted by Gasteiger charge is -2.10. The van der Waals surface area contributed by atoms with E-state index in [2.05, 4.69) is 70.9 Å². The van der Waals surface area contributed by atoms with Crippen molar-refractivity contribution < 1.29 is 4.42 Å². The Morgan fingerprint density at radius 3 is 2.25 bits per heavy atom. The maximum Gasteiger partial charge on any atom is 0.226 e. The second kappa shape index (κ2) is 10.8. The SMILES string of the molecule is CN=C(NCCc1ccc(C)cc1)NCc1coc(-c2ccc(C)cc2)n1.I. The van der Waals surface area contributed by atoms with Crippen molar-refractivity contribution >= 4 is 29.9 Å². The van der Waals surface area contributed by atoms with Crippen LogP contribution < -0.4 is 10.6 Å². The summed E-state index contributed by atoms with van der Waals surface area (Å²) in [6.45, 7) is 5.53. The Kier molecular flexibility index (Phi) is 8.50. The Hall–Kier alpha value is -2.35. The molecule has 0 fully saturated rings. The molecule has 0 aliphatic carbocycles. The largest absolute Gasteiger partial charge is 0.444 e. The summed E-state index contributed by atoms with van der Waals surface area (Å²) >= 11 is 0. The zero-order chi connectivity index (χ0) is 19.1. The average molecular weight is 490 g/mol. The van der Waals surface area contributed by atoms with Crippen molar-refractivity contribution in [3.63, 3.8) is 0 Å². The minimum absolute atomic E-state index is 0. The van der Waals surface area contributed by atoms with Crippen LogP contribution in [0.15, 0.2) is 64.2 Å². The van der Waals surface area contributed by atoms with Crippen LogP contribution in [0, 0.1) is 13.8 Å². The smallest absolute Gasteiger partial charge is 0.226 e. The first-order chi connectivity index (χ1) is 13.1. The van der Waals surface area contributed by atoms with Crippen molar-refractivity contribution in [2.75, 3.05) is 13.6 Å². The van der Waals surface area contributed by atoms with Crippen LogP contribution in [-0.4, -0.2) is 24.5 Å². The van der Waals surface area contributed by atoms with E-state index in [1.165, 1.54) is 16.7 Å². The first kappa shape index (κ1) is 21.9. The second-order valence-corrected chi connectivity index (χ2v) is 6.60. The molecule has 2 aromatic carbocycles. The van der Waals surface area contributed by atoms with Crippen molar-refractivity contribution in [1.29, 1.82) is 0 Å². The van der Waals surface area contributed by atoms with Crippen LogP contribution in [-0.2, 0) is 13.0 Å². The fourth-order valence-electron chi connectivity index (χ4n) is 2.69. The fourth-order valence-corrected chi connectivity index (χ4v) is 2.69. The van der Waals surface area contributed by atoms with Crippen molar-refractivity contribution in [1.82, 2.24) is 15.6 Å². The topological polar surface area (TPSA) is 62.5 Å². The molecule has 2 N–H and O–H groups in total. The minimum Gasteiger partial charge on any atom is -0.444 e. The molecule has 0 aliphatic heterocycles. The molecule has 0 aliphatic rings. The molecule has 1 aromatic heterocycles. The highest BCUT2D eigenvalue weighted by Crippen LogP contribution is 2.18. The monoisotopic (exact) mass is 490 g/mol.